The Hall–Kier alpha value is -1.53. The van der Waals surface area contributed by atoms with Gasteiger partial charge in [0.05, 0.1) is 12.6 Å². The van der Waals surface area contributed by atoms with Gasteiger partial charge in [0.1, 0.15) is 11.6 Å². The van der Waals surface area contributed by atoms with Crippen LogP contribution in [0.3, 0.4) is 0 Å². The van der Waals surface area contributed by atoms with Gasteiger partial charge in [-0.1, -0.05) is 6.07 Å². The van der Waals surface area contributed by atoms with Crippen LogP contribution in [0.2, 0.25) is 0 Å². The van der Waals surface area contributed by atoms with Crippen molar-refractivity contribution in [2.75, 3.05) is 60.4 Å². The van der Waals surface area contributed by atoms with E-state index in [-0.39, 0.29) is 41.5 Å². The zero-order chi connectivity index (χ0) is 22.3. The molecule has 10 heteroatoms. The molecule has 0 aromatic heterocycles. The lowest BCUT2D eigenvalue weighted by Gasteiger charge is -2.37. The first kappa shape index (κ1) is 27.5. The number of hydrogen-bond acceptors (Lipinski definition) is 4. The number of piperazine rings is 1. The standard InChI is InChI=1S/C21H34F2N6O.HI/c1-15(2)26-19(30)14-28-9-11-29(12-10-28)21(24-3)25-13-18(27(4)5)20-16(22)7-6-8-17(20)23;/h6-8,15,18H,9-14H2,1-5H3,(H,24,25)(H,26,30);1H. The van der Waals surface area contributed by atoms with Crippen molar-refractivity contribution in [1.29, 1.82) is 0 Å². The number of benzene rings is 1. The molecule has 0 saturated carbocycles. The molecular weight excluding hydrogens is 517 g/mol. The van der Waals surface area contributed by atoms with Crippen LogP contribution in [0.1, 0.15) is 25.5 Å². The maximum Gasteiger partial charge on any atom is 0.234 e. The number of aliphatic imine (C=N–C) groups is 1. The lowest BCUT2D eigenvalue weighted by molar-refractivity contribution is -0.123. The van der Waals surface area contributed by atoms with E-state index in [4.69, 9.17) is 0 Å². The van der Waals surface area contributed by atoms with E-state index >= 15 is 0 Å². The van der Waals surface area contributed by atoms with Gasteiger partial charge >= 0.3 is 0 Å². The van der Waals surface area contributed by atoms with Gasteiger partial charge in [-0.25, -0.2) is 8.78 Å². The Labute approximate surface area is 201 Å². The van der Waals surface area contributed by atoms with Gasteiger partial charge in [-0.3, -0.25) is 14.7 Å². The number of nitrogens with zero attached hydrogens (tertiary/aromatic N) is 4. The normalized spacial score (nSPS) is 16.3. The minimum Gasteiger partial charge on any atom is -0.354 e. The van der Waals surface area contributed by atoms with Gasteiger partial charge in [0.2, 0.25) is 5.91 Å². The Balaban J connectivity index is 0.00000480. The number of guanidine groups is 1. The van der Waals surface area contributed by atoms with Crippen molar-refractivity contribution in [3.05, 3.63) is 35.4 Å². The first-order chi connectivity index (χ1) is 14.2. The fourth-order valence-electron chi connectivity index (χ4n) is 3.58. The summed E-state index contributed by atoms with van der Waals surface area (Å²) in [6.07, 6.45) is 0. The van der Waals surface area contributed by atoms with Gasteiger partial charge in [-0.15, -0.1) is 24.0 Å². The second-order valence-corrected chi connectivity index (χ2v) is 8.03. The minimum absolute atomic E-state index is 0. The monoisotopic (exact) mass is 552 g/mol. The molecule has 1 saturated heterocycles. The maximum atomic E-state index is 14.3. The average molecular weight is 552 g/mol. The second-order valence-electron chi connectivity index (χ2n) is 8.03. The molecule has 0 radical (unpaired) electrons. The van der Waals surface area contributed by atoms with E-state index in [9.17, 15) is 13.6 Å². The Morgan fingerprint density at radius 1 is 1.16 bits per heavy atom. The number of likely N-dealkylation sites (N-methyl/N-ethyl adjacent to an activating group) is 1. The Morgan fingerprint density at radius 2 is 1.74 bits per heavy atom. The highest BCUT2D eigenvalue weighted by atomic mass is 127. The van der Waals surface area contributed by atoms with Crippen LogP contribution in [-0.4, -0.2) is 93.0 Å². The largest absolute Gasteiger partial charge is 0.354 e. The summed E-state index contributed by atoms with van der Waals surface area (Å²) in [4.78, 5) is 22.3. The van der Waals surface area contributed by atoms with Crippen molar-refractivity contribution in [2.24, 2.45) is 4.99 Å². The predicted octanol–water partition coefficient (Wildman–Crippen LogP) is 1.90. The molecule has 7 nitrogen and oxygen atoms in total. The third kappa shape index (κ3) is 8.15. The Bertz CT molecular complexity index is 718. The molecule has 1 fully saturated rings. The van der Waals surface area contributed by atoms with Crippen LogP contribution in [0.4, 0.5) is 8.78 Å². The molecule has 1 amide bonds. The molecular formula is C21H35F2IN6O. The van der Waals surface area contributed by atoms with Crippen molar-refractivity contribution in [3.63, 3.8) is 0 Å². The fourth-order valence-corrected chi connectivity index (χ4v) is 3.58. The number of carbonyl (C=O) groups is 1. The Kier molecular flexibility index (Phi) is 11.6. The van der Waals surface area contributed by atoms with Gasteiger partial charge in [0.25, 0.3) is 0 Å². The molecule has 0 aliphatic carbocycles. The third-order valence-corrected chi connectivity index (χ3v) is 5.11. The summed E-state index contributed by atoms with van der Waals surface area (Å²) < 4.78 is 28.5. The summed E-state index contributed by atoms with van der Waals surface area (Å²) in [6, 6.07) is 3.57. The summed E-state index contributed by atoms with van der Waals surface area (Å²) in [5.74, 6) is -0.399. The highest BCUT2D eigenvalue weighted by Crippen LogP contribution is 2.24. The van der Waals surface area contributed by atoms with E-state index in [1.807, 2.05) is 13.8 Å². The highest BCUT2D eigenvalue weighted by Gasteiger charge is 2.25. The summed E-state index contributed by atoms with van der Waals surface area (Å²) in [7, 11) is 5.28. The number of amides is 1. The summed E-state index contributed by atoms with van der Waals surface area (Å²) in [5, 5.41) is 6.17. The van der Waals surface area contributed by atoms with Crippen molar-refractivity contribution in [1.82, 2.24) is 25.3 Å². The average Bonchev–Trinajstić information content (AvgIpc) is 2.67. The predicted molar refractivity (Wildman–Crippen MR) is 131 cm³/mol. The molecule has 1 aliphatic rings. The van der Waals surface area contributed by atoms with Crippen LogP contribution >= 0.6 is 24.0 Å². The van der Waals surface area contributed by atoms with Crippen LogP contribution in [0.15, 0.2) is 23.2 Å². The van der Waals surface area contributed by atoms with E-state index < -0.39 is 17.7 Å². The quantitative estimate of drug-likeness (QED) is 0.308. The summed E-state index contributed by atoms with van der Waals surface area (Å²) in [5.41, 5.74) is 0.0476. The van der Waals surface area contributed by atoms with Gasteiger partial charge < -0.3 is 20.4 Å². The van der Waals surface area contributed by atoms with Gasteiger partial charge in [0.15, 0.2) is 5.96 Å². The van der Waals surface area contributed by atoms with Crippen LogP contribution in [0.25, 0.3) is 0 Å². The van der Waals surface area contributed by atoms with Crippen LogP contribution in [0.5, 0.6) is 0 Å². The molecule has 1 heterocycles. The van der Waals surface area contributed by atoms with E-state index in [2.05, 4.69) is 25.4 Å². The fraction of sp³-hybridized carbons (Fsp3) is 0.619. The number of carbonyl (C=O) groups excluding carboxylic acids is 1. The summed E-state index contributed by atoms with van der Waals surface area (Å²) in [6.45, 7) is 7.50. The van der Waals surface area contributed by atoms with Crippen molar-refractivity contribution >= 4 is 35.8 Å². The molecule has 1 aliphatic heterocycles. The van der Waals surface area contributed by atoms with Gasteiger partial charge in [-0.2, -0.15) is 0 Å². The molecule has 1 atom stereocenters. The first-order valence-electron chi connectivity index (χ1n) is 10.3. The van der Waals surface area contributed by atoms with Crippen molar-refractivity contribution in [3.8, 4) is 0 Å². The maximum absolute atomic E-state index is 14.3. The zero-order valence-corrected chi connectivity index (χ0v) is 21.3. The first-order valence-corrected chi connectivity index (χ1v) is 10.3. The molecule has 0 spiro atoms. The molecule has 0 bridgehead atoms. The second kappa shape index (κ2) is 13.1. The third-order valence-electron chi connectivity index (χ3n) is 5.11. The SMILES string of the molecule is CN=C(NCC(c1c(F)cccc1F)N(C)C)N1CCN(CC(=O)NC(C)C)CC1.I. The highest BCUT2D eigenvalue weighted by molar-refractivity contribution is 14.0. The zero-order valence-electron chi connectivity index (χ0n) is 19.0. The number of nitrogens with one attached hydrogen (secondary N) is 2. The lowest BCUT2D eigenvalue weighted by atomic mass is 10.0. The Morgan fingerprint density at radius 3 is 2.23 bits per heavy atom. The van der Waals surface area contributed by atoms with Crippen molar-refractivity contribution in [2.45, 2.75) is 25.9 Å². The molecule has 1 unspecified atom stereocenters. The molecule has 176 valence electrons. The van der Waals surface area contributed by atoms with Crippen LogP contribution < -0.4 is 10.6 Å². The van der Waals surface area contributed by atoms with E-state index in [0.717, 1.165) is 26.2 Å². The van der Waals surface area contributed by atoms with Gasteiger partial charge in [0, 0.05) is 51.4 Å². The molecule has 2 N–H and O–H groups in total. The van der Waals surface area contributed by atoms with Crippen molar-refractivity contribution < 1.29 is 13.6 Å². The lowest BCUT2D eigenvalue weighted by Crippen LogP contribution is -2.54. The smallest absolute Gasteiger partial charge is 0.234 e. The molecule has 1 aromatic rings. The van der Waals surface area contributed by atoms with E-state index in [1.54, 1.807) is 26.0 Å². The van der Waals surface area contributed by atoms with Gasteiger partial charge in [-0.05, 0) is 40.1 Å². The number of hydrogen-bond donors (Lipinski definition) is 2. The molecule has 2 rings (SSSR count). The number of rotatable bonds is 7. The number of halogens is 3. The minimum atomic E-state index is -0.557. The van der Waals surface area contributed by atoms with Crippen LogP contribution in [0, 0.1) is 11.6 Å². The van der Waals surface area contributed by atoms with E-state index in [0.29, 0.717) is 19.0 Å². The molecule has 31 heavy (non-hydrogen) atoms. The van der Waals surface area contributed by atoms with Crippen LogP contribution in [-0.2, 0) is 4.79 Å². The summed E-state index contributed by atoms with van der Waals surface area (Å²) >= 11 is 0. The van der Waals surface area contributed by atoms with E-state index in [1.165, 1.54) is 18.2 Å². The molecule has 1 aromatic carbocycles. The topological polar surface area (TPSA) is 63.2 Å².